The number of nitrogens with one attached hydrogen (secondary N) is 1. The van der Waals surface area contributed by atoms with Crippen molar-refractivity contribution in [2.24, 2.45) is 7.05 Å². The quantitative estimate of drug-likeness (QED) is 0.861. The number of amides is 1. The van der Waals surface area contributed by atoms with Crippen LogP contribution in [0.2, 0.25) is 5.02 Å². The number of aromatic nitrogens is 2. The number of hydrogen-bond acceptors (Lipinski definition) is 2. The van der Waals surface area contributed by atoms with Gasteiger partial charge in [-0.05, 0) is 18.2 Å². The Balaban J connectivity index is 2.25. The average Bonchev–Trinajstić information content (AvgIpc) is 2.75. The summed E-state index contributed by atoms with van der Waals surface area (Å²) in [6, 6.07) is 3.84. The topological polar surface area (TPSA) is 46.9 Å². The number of rotatable bonds is 2. The summed E-state index contributed by atoms with van der Waals surface area (Å²) in [5.74, 6) is -1.48. The van der Waals surface area contributed by atoms with Gasteiger partial charge in [-0.3, -0.25) is 9.48 Å². The van der Waals surface area contributed by atoms with Gasteiger partial charge in [0.2, 0.25) is 0 Å². The molecule has 2 aromatic rings. The fourth-order valence-electron chi connectivity index (χ4n) is 1.62. The molecule has 0 aliphatic heterocycles. The molecule has 4 nitrogen and oxygen atoms in total. The molecule has 0 aliphatic carbocycles. The number of halogens is 5. The largest absolute Gasteiger partial charge is 0.433 e. The Morgan fingerprint density at radius 3 is 2.52 bits per heavy atom. The van der Waals surface area contributed by atoms with Gasteiger partial charge in [0.1, 0.15) is 11.5 Å². The first kappa shape index (κ1) is 15.3. The first-order chi connectivity index (χ1) is 9.68. The van der Waals surface area contributed by atoms with E-state index in [-0.39, 0.29) is 10.7 Å². The number of hydrogen-bond donors (Lipinski definition) is 1. The van der Waals surface area contributed by atoms with E-state index in [9.17, 15) is 22.4 Å². The number of benzene rings is 1. The maximum absolute atomic E-state index is 12.9. The lowest BCUT2D eigenvalue weighted by Crippen LogP contribution is -2.13. The van der Waals surface area contributed by atoms with Crippen molar-refractivity contribution in [3.8, 4) is 0 Å². The third kappa shape index (κ3) is 3.33. The summed E-state index contributed by atoms with van der Waals surface area (Å²) < 4.78 is 51.2. The van der Waals surface area contributed by atoms with E-state index in [4.69, 9.17) is 11.6 Å². The van der Waals surface area contributed by atoms with Gasteiger partial charge in [0.15, 0.2) is 5.69 Å². The monoisotopic (exact) mass is 321 g/mol. The van der Waals surface area contributed by atoms with E-state index >= 15 is 0 Å². The average molecular weight is 322 g/mol. The van der Waals surface area contributed by atoms with Crippen LogP contribution in [0.4, 0.5) is 23.2 Å². The summed E-state index contributed by atoms with van der Waals surface area (Å²) in [6.45, 7) is 0. The maximum atomic E-state index is 12.9. The minimum absolute atomic E-state index is 0.0716. The van der Waals surface area contributed by atoms with Gasteiger partial charge in [-0.2, -0.15) is 18.3 Å². The Kier molecular flexibility index (Phi) is 3.91. The summed E-state index contributed by atoms with van der Waals surface area (Å²) in [5, 5.41) is 5.68. The molecule has 1 aromatic heterocycles. The zero-order valence-corrected chi connectivity index (χ0v) is 11.3. The highest BCUT2D eigenvalue weighted by molar-refractivity contribution is 6.33. The Morgan fingerprint density at radius 2 is 2.00 bits per heavy atom. The molecule has 0 radical (unpaired) electrons. The number of carbonyl (C=O) groups excluding carboxylic acids is 1. The molecule has 0 saturated carbocycles. The first-order valence-electron chi connectivity index (χ1n) is 5.56. The van der Waals surface area contributed by atoms with Crippen LogP contribution in [0.1, 0.15) is 16.2 Å². The zero-order valence-electron chi connectivity index (χ0n) is 10.5. The zero-order chi connectivity index (χ0) is 15.8. The van der Waals surface area contributed by atoms with Gasteiger partial charge in [-0.15, -0.1) is 0 Å². The third-order valence-corrected chi connectivity index (χ3v) is 2.89. The molecule has 1 amide bonds. The molecular weight excluding hydrogens is 314 g/mol. The van der Waals surface area contributed by atoms with Crippen molar-refractivity contribution in [3.63, 3.8) is 0 Å². The molecular formula is C12H8ClF4N3O. The van der Waals surface area contributed by atoms with Crippen LogP contribution in [0.3, 0.4) is 0 Å². The van der Waals surface area contributed by atoms with Gasteiger partial charge in [0.05, 0.1) is 10.7 Å². The second-order valence-electron chi connectivity index (χ2n) is 4.11. The summed E-state index contributed by atoms with van der Waals surface area (Å²) in [7, 11) is 1.07. The van der Waals surface area contributed by atoms with E-state index in [0.717, 1.165) is 19.2 Å². The molecule has 0 spiro atoms. The van der Waals surface area contributed by atoms with Crippen LogP contribution in [0.5, 0.6) is 0 Å². The molecule has 1 aromatic carbocycles. The van der Waals surface area contributed by atoms with E-state index < -0.39 is 29.3 Å². The summed E-state index contributed by atoms with van der Waals surface area (Å²) in [5.41, 5.74) is -1.41. The molecule has 112 valence electrons. The van der Waals surface area contributed by atoms with Gasteiger partial charge >= 0.3 is 6.18 Å². The minimum atomic E-state index is -4.62. The van der Waals surface area contributed by atoms with Crippen LogP contribution < -0.4 is 5.32 Å². The molecule has 1 N–H and O–H groups in total. The smallest absolute Gasteiger partial charge is 0.319 e. The van der Waals surface area contributed by atoms with Crippen LogP contribution >= 0.6 is 11.6 Å². The molecule has 0 atom stereocenters. The number of anilines is 1. The predicted molar refractivity (Wildman–Crippen MR) is 67.6 cm³/mol. The Morgan fingerprint density at radius 1 is 1.33 bits per heavy atom. The number of nitrogens with zero attached hydrogens (tertiary/aromatic N) is 2. The highest BCUT2D eigenvalue weighted by Crippen LogP contribution is 2.29. The van der Waals surface area contributed by atoms with E-state index in [2.05, 4.69) is 10.4 Å². The standard InChI is InChI=1S/C12H8ClF4N3O/c1-20-10(12(15,16)17)5-9(19-20)11(21)18-8-3-2-6(14)4-7(8)13/h2-5H,1H3,(H,18,21). The van der Waals surface area contributed by atoms with E-state index in [0.29, 0.717) is 10.7 Å². The highest BCUT2D eigenvalue weighted by atomic mass is 35.5. The molecule has 9 heteroatoms. The van der Waals surface area contributed by atoms with Crippen molar-refractivity contribution in [3.05, 3.63) is 46.5 Å². The molecule has 0 saturated heterocycles. The van der Waals surface area contributed by atoms with Crippen LogP contribution in [0, 0.1) is 5.82 Å². The van der Waals surface area contributed by atoms with Crippen molar-refractivity contribution in [2.45, 2.75) is 6.18 Å². The van der Waals surface area contributed by atoms with Gasteiger partial charge < -0.3 is 5.32 Å². The lowest BCUT2D eigenvalue weighted by atomic mass is 10.3. The third-order valence-electron chi connectivity index (χ3n) is 2.58. The molecule has 2 rings (SSSR count). The molecule has 0 unspecified atom stereocenters. The van der Waals surface area contributed by atoms with Gasteiger partial charge in [-0.25, -0.2) is 4.39 Å². The minimum Gasteiger partial charge on any atom is -0.319 e. The maximum Gasteiger partial charge on any atom is 0.433 e. The van der Waals surface area contributed by atoms with Crippen molar-refractivity contribution in [1.82, 2.24) is 9.78 Å². The molecule has 0 fully saturated rings. The second-order valence-corrected chi connectivity index (χ2v) is 4.52. The van der Waals surface area contributed by atoms with Gasteiger partial charge in [0.25, 0.3) is 5.91 Å². The lowest BCUT2D eigenvalue weighted by molar-refractivity contribution is -0.143. The Bertz CT molecular complexity index is 696. The Labute approximate surface area is 121 Å². The van der Waals surface area contributed by atoms with E-state index in [1.54, 1.807) is 0 Å². The number of alkyl halides is 3. The van der Waals surface area contributed by atoms with Crippen molar-refractivity contribution >= 4 is 23.2 Å². The van der Waals surface area contributed by atoms with Crippen molar-refractivity contribution in [1.29, 1.82) is 0 Å². The summed E-state index contributed by atoms with van der Waals surface area (Å²) >= 11 is 5.71. The predicted octanol–water partition coefficient (Wildman–Crippen LogP) is 3.48. The molecule has 1 heterocycles. The number of carbonyl (C=O) groups is 1. The second kappa shape index (κ2) is 5.36. The van der Waals surface area contributed by atoms with Crippen LogP contribution in [-0.2, 0) is 13.2 Å². The summed E-state index contributed by atoms with van der Waals surface area (Å²) in [6.07, 6.45) is -4.62. The van der Waals surface area contributed by atoms with Crippen molar-refractivity contribution in [2.75, 3.05) is 5.32 Å². The van der Waals surface area contributed by atoms with E-state index in [1.807, 2.05) is 0 Å². The SMILES string of the molecule is Cn1nc(C(=O)Nc2ccc(F)cc2Cl)cc1C(F)(F)F. The fraction of sp³-hybridized carbons (Fsp3) is 0.167. The fourth-order valence-corrected chi connectivity index (χ4v) is 1.84. The van der Waals surface area contributed by atoms with Crippen molar-refractivity contribution < 1.29 is 22.4 Å². The first-order valence-corrected chi connectivity index (χ1v) is 5.94. The summed E-state index contributed by atoms with van der Waals surface area (Å²) in [4.78, 5) is 11.8. The molecule has 21 heavy (non-hydrogen) atoms. The van der Waals surface area contributed by atoms with Gasteiger partial charge in [0, 0.05) is 13.1 Å². The highest BCUT2D eigenvalue weighted by Gasteiger charge is 2.35. The van der Waals surface area contributed by atoms with Gasteiger partial charge in [-0.1, -0.05) is 11.6 Å². The molecule has 0 bridgehead atoms. The number of aryl methyl sites for hydroxylation is 1. The molecule has 0 aliphatic rings. The van der Waals surface area contributed by atoms with Crippen LogP contribution in [0.25, 0.3) is 0 Å². The Hall–Kier alpha value is -2.09. The van der Waals surface area contributed by atoms with Crippen LogP contribution in [-0.4, -0.2) is 15.7 Å². The normalized spacial score (nSPS) is 11.5. The lowest BCUT2D eigenvalue weighted by Gasteiger charge is -2.05. The van der Waals surface area contributed by atoms with Crippen LogP contribution in [0.15, 0.2) is 24.3 Å². The van der Waals surface area contributed by atoms with E-state index in [1.165, 1.54) is 6.07 Å².